The fourth-order valence-corrected chi connectivity index (χ4v) is 6.60. The van der Waals surface area contributed by atoms with Crippen LogP contribution in [-0.4, -0.2) is 0 Å². The van der Waals surface area contributed by atoms with E-state index in [1.165, 1.54) is 43.2 Å². The quantitative estimate of drug-likeness (QED) is 0.259. The standard InChI is InChI=1S/C32H42S2/c1-21(2)25-13-15-31(29(17-25)23(5)6)33-19-27-11-9-10-12-28(27)20-34-32-16-14-26(22(3)4)18-30(32)24(7)8/h9-18,21-24H,19-20H2,1-8H3. The van der Waals surface area contributed by atoms with Gasteiger partial charge in [-0.3, -0.25) is 0 Å². The van der Waals surface area contributed by atoms with E-state index in [1.807, 2.05) is 23.5 Å². The van der Waals surface area contributed by atoms with Gasteiger partial charge in [0.1, 0.15) is 0 Å². The zero-order valence-corrected chi connectivity index (χ0v) is 23.9. The van der Waals surface area contributed by atoms with Crippen molar-refractivity contribution >= 4 is 23.5 Å². The highest BCUT2D eigenvalue weighted by Gasteiger charge is 2.13. The van der Waals surface area contributed by atoms with Crippen LogP contribution in [0.3, 0.4) is 0 Å². The fraction of sp³-hybridized carbons (Fsp3) is 0.438. The van der Waals surface area contributed by atoms with Crippen LogP contribution in [0.2, 0.25) is 0 Å². The van der Waals surface area contributed by atoms with Gasteiger partial charge in [0.25, 0.3) is 0 Å². The summed E-state index contributed by atoms with van der Waals surface area (Å²) < 4.78 is 0. The molecular formula is C32H42S2. The van der Waals surface area contributed by atoms with E-state index in [0.29, 0.717) is 23.7 Å². The lowest BCUT2D eigenvalue weighted by Crippen LogP contribution is -1.98. The molecule has 0 fully saturated rings. The minimum Gasteiger partial charge on any atom is -0.121 e. The molecule has 0 amide bonds. The Hall–Kier alpha value is -1.64. The fourth-order valence-electron chi connectivity index (χ4n) is 4.17. The number of thioether (sulfide) groups is 2. The second-order valence-corrected chi connectivity index (χ2v) is 12.6. The molecule has 0 aliphatic rings. The average Bonchev–Trinajstić information content (AvgIpc) is 2.81. The van der Waals surface area contributed by atoms with Crippen molar-refractivity contribution in [1.29, 1.82) is 0 Å². The second kappa shape index (κ2) is 12.4. The lowest BCUT2D eigenvalue weighted by Gasteiger charge is -2.18. The SMILES string of the molecule is CC(C)c1ccc(SCc2ccccc2CSc2ccc(C(C)C)cc2C(C)C)c(C(C)C)c1. The van der Waals surface area contributed by atoms with Crippen molar-refractivity contribution in [2.75, 3.05) is 0 Å². The lowest BCUT2D eigenvalue weighted by molar-refractivity contribution is 0.815. The van der Waals surface area contributed by atoms with Gasteiger partial charge in [-0.05, 0) is 69.2 Å². The molecule has 0 radical (unpaired) electrons. The first kappa shape index (κ1) is 27.0. The minimum absolute atomic E-state index is 0.537. The third-order valence-electron chi connectivity index (χ3n) is 6.53. The van der Waals surface area contributed by atoms with Crippen molar-refractivity contribution in [2.45, 2.75) is 100 Å². The molecule has 0 N–H and O–H groups in total. The third-order valence-corrected chi connectivity index (χ3v) is 8.81. The van der Waals surface area contributed by atoms with Crippen molar-refractivity contribution in [3.05, 3.63) is 94.0 Å². The summed E-state index contributed by atoms with van der Waals surface area (Å²) in [6.45, 7) is 18.4. The maximum Gasteiger partial charge on any atom is 0.0235 e. The smallest absolute Gasteiger partial charge is 0.0235 e. The van der Waals surface area contributed by atoms with Crippen molar-refractivity contribution in [3.63, 3.8) is 0 Å². The first-order valence-electron chi connectivity index (χ1n) is 12.8. The van der Waals surface area contributed by atoms with E-state index in [-0.39, 0.29) is 0 Å². The topological polar surface area (TPSA) is 0 Å². The highest BCUT2D eigenvalue weighted by atomic mass is 32.2. The number of hydrogen-bond donors (Lipinski definition) is 0. The predicted molar refractivity (Wildman–Crippen MR) is 155 cm³/mol. The molecule has 0 aromatic heterocycles. The molecule has 0 nitrogen and oxygen atoms in total. The van der Waals surface area contributed by atoms with E-state index >= 15 is 0 Å². The van der Waals surface area contributed by atoms with Crippen molar-refractivity contribution < 1.29 is 0 Å². The molecule has 0 aliphatic heterocycles. The molecule has 0 aliphatic carbocycles. The molecule has 0 heterocycles. The Labute approximate surface area is 217 Å². The second-order valence-electron chi connectivity index (χ2n) is 10.6. The Morgan fingerprint density at radius 3 is 1.21 bits per heavy atom. The van der Waals surface area contributed by atoms with Crippen LogP contribution >= 0.6 is 23.5 Å². The van der Waals surface area contributed by atoms with Crippen molar-refractivity contribution in [2.24, 2.45) is 0 Å². The maximum atomic E-state index is 2.42. The Morgan fingerprint density at radius 1 is 0.500 bits per heavy atom. The van der Waals surface area contributed by atoms with Crippen LogP contribution in [0, 0.1) is 0 Å². The molecular weight excluding hydrogens is 448 g/mol. The van der Waals surface area contributed by atoms with Crippen LogP contribution in [0.1, 0.15) is 112 Å². The minimum atomic E-state index is 0.537. The highest BCUT2D eigenvalue weighted by molar-refractivity contribution is 7.99. The summed E-state index contributed by atoms with van der Waals surface area (Å²) in [5.74, 6) is 4.24. The summed E-state index contributed by atoms with van der Waals surface area (Å²) in [6.07, 6.45) is 0. The molecule has 182 valence electrons. The Bertz CT molecular complexity index is 990. The molecule has 2 heteroatoms. The average molecular weight is 491 g/mol. The molecule has 0 spiro atoms. The molecule has 3 aromatic rings. The summed E-state index contributed by atoms with van der Waals surface area (Å²) in [5, 5.41) is 0. The third kappa shape index (κ3) is 6.95. The summed E-state index contributed by atoms with van der Waals surface area (Å²) in [7, 11) is 0. The molecule has 0 unspecified atom stereocenters. The van der Waals surface area contributed by atoms with E-state index in [4.69, 9.17) is 0 Å². The van der Waals surface area contributed by atoms with Gasteiger partial charge >= 0.3 is 0 Å². The predicted octanol–water partition coefficient (Wildman–Crippen LogP) is 10.8. The van der Waals surface area contributed by atoms with Crippen LogP contribution in [0.4, 0.5) is 0 Å². The van der Waals surface area contributed by atoms with E-state index in [9.17, 15) is 0 Å². The van der Waals surface area contributed by atoms with E-state index in [2.05, 4.69) is 116 Å². The largest absolute Gasteiger partial charge is 0.121 e. The van der Waals surface area contributed by atoms with Gasteiger partial charge in [0.15, 0.2) is 0 Å². The van der Waals surface area contributed by atoms with Gasteiger partial charge in [-0.1, -0.05) is 104 Å². The van der Waals surface area contributed by atoms with Crippen LogP contribution in [0.5, 0.6) is 0 Å². The van der Waals surface area contributed by atoms with Gasteiger partial charge in [0.2, 0.25) is 0 Å². The summed E-state index contributed by atoms with van der Waals surface area (Å²) in [6, 6.07) is 23.2. The highest BCUT2D eigenvalue weighted by Crippen LogP contribution is 2.36. The normalized spacial score (nSPS) is 11.9. The molecule has 0 saturated carbocycles. The Kier molecular flexibility index (Phi) is 9.80. The van der Waals surface area contributed by atoms with E-state index in [0.717, 1.165) is 11.5 Å². The number of hydrogen-bond acceptors (Lipinski definition) is 2. The van der Waals surface area contributed by atoms with Gasteiger partial charge in [0, 0.05) is 21.3 Å². The van der Waals surface area contributed by atoms with Crippen molar-refractivity contribution in [1.82, 2.24) is 0 Å². The molecule has 3 rings (SSSR count). The molecule has 34 heavy (non-hydrogen) atoms. The molecule has 0 bridgehead atoms. The van der Waals surface area contributed by atoms with Gasteiger partial charge in [0.05, 0.1) is 0 Å². The monoisotopic (exact) mass is 490 g/mol. The van der Waals surface area contributed by atoms with Gasteiger partial charge in [-0.2, -0.15) is 0 Å². The van der Waals surface area contributed by atoms with Crippen molar-refractivity contribution in [3.8, 4) is 0 Å². The van der Waals surface area contributed by atoms with Crippen LogP contribution in [0.25, 0.3) is 0 Å². The van der Waals surface area contributed by atoms with Gasteiger partial charge < -0.3 is 0 Å². The lowest BCUT2D eigenvalue weighted by atomic mass is 9.96. The van der Waals surface area contributed by atoms with E-state index < -0.39 is 0 Å². The van der Waals surface area contributed by atoms with Gasteiger partial charge in [-0.25, -0.2) is 0 Å². The number of rotatable bonds is 10. The Balaban J connectivity index is 1.77. The summed E-state index contributed by atoms with van der Waals surface area (Å²) >= 11 is 3.98. The molecule has 3 aromatic carbocycles. The molecule has 0 atom stereocenters. The molecule has 0 saturated heterocycles. The van der Waals surface area contributed by atoms with E-state index in [1.54, 1.807) is 0 Å². The zero-order chi connectivity index (χ0) is 24.8. The number of benzene rings is 3. The van der Waals surface area contributed by atoms with Crippen LogP contribution < -0.4 is 0 Å². The Morgan fingerprint density at radius 2 is 0.882 bits per heavy atom. The summed E-state index contributed by atoms with van der Waals surface area (Å²) in [5.41, 5.74) is 8.74. The van der Waals surface area contributed by atoms with Gasteiger partial charge in [-0.15, -0.1) is 23.5 Å². The first-order chi connectivity index (χ1) is 16.2. The van der Waals surface area contributed by atoms with Crippen LogP contribution in [-0.2, 0) is 11.5 Å². The van der Waals surface area contributed by atoms with Crippen LogP contribution in [0.15, 0.2) is 70.5 Å². The maximum absolute atomic E-state index is 2.42. The first-order valence-corrected chi connectivity index (χ1v) is 14.7. The zero-order valence-electron chi connectivity index (χ0n) is 22.3. The summed E-state index contributed by atoms with van der Waals surface area (Å²) in [4.78, 5) is 2.85.